The molecule has 8 nitrogen and oxygen atoms in total. The van der Waals surface area contributed by atoms with Crippen LogP contribution in [0, 0.1) is 12.8 Å². The smallest absolute Gasteiger partial charge is 0.308 e. The maximum absolute atomic E-state index is 11.7. The van der Waals surface area contributed by atoms with Crippen LogP contribution in [-0.4, -0.2) is 41.1 Å². The molecule has 1 saturated heterocycles. The van der Waals surface area contributed by atoms with Crippen molar-refractivity contribution in [3.63, 3.8) is 0 Å². The third kappa shape index (κ3) is 3.45. The Kier molecular flexibility index (Phi) is 4.99. The molecule has 3 aromatic rings. The summed E-state index contributed by atoms with van der Waals surface area (Å²) in [4.78, 5) is 27.1. The van der Waals surface area contributed by atoms with E-state index in [0.717, 1.165) is 33.8 Å². The summed E-state index contributed by atoms with van der Waals surface area (Å²) in [6.45, 7) is 3.43. The fraction of sp³-hybridized carbons (Fsp3) is 0.368. The molecule has 2 aromatic heterocycles. The molecule has 9 heteroatoms. The van der Waals surface area contributed by atoms with Crippen molar-refractivity contribution in [2.24, 2.45) is 5.92 Å². The van der Waals surface area contributed by atoms with Gasteiger partial charge in [-0.2, -0.15) is 0 Å². The first kappa shape index (κ1) is 18.4. The molecule has 0 aliphatic carbocycles. The second-order valence-electron chi connectivity index (χ2n) is 6.81. The number of aryl methyl sites for hydroxylation is 1. The molecule has 0 radical (unpaired) electrons. The first-order valence-corrected chi connectivity index (χ1v) is 9.95. The van der Waals surface area contributed by atoms with Crippen molar-refractivity contribution in [3.8, 4) is 0 Å². The van der Waals surface area contributed by atoms with Crippen LogP contribution in [0.15, 0.2) is 24.5 Å². The number of piperidine rings is 1. The molecule has 1 aliphatic rings. The van der Waals surface area contributed by atoms with Gasteiger partial charge in [0.05, 0.1) is 23.2 Å². The Labute approximate surface area is 166 Å². The molecule has 3 heterocycles. The Morgan fingerprint density at radius 2 is 2.11 bits per heavy atom. The first-order chi connectivity index (χ1) is 13.6. The molecule has 0 bridgehead atoms. The van der Waals surface area contributed by atoms with Gasteiger partial charge in [-0.1, -0.05) is 23.5 Å². The summed E-state index contributed by atoms with van der Waals surface area (Å²) in [5.41, 5.74) is 8.95. The van der Waals surface area contributed by atoms with Crippen LogP contribution >= 0.6 is 11.3 Å². The van der Waals surface area contributed by atoms with Gasteiger partial charge >= 0.3 is 5.97 Å². The number of nitrogen functional groups attached to an aromatic ring is 1. The number of benzene rings is 1. The van der Waals surface area contributed by atoms with Gasteiger partial charge < -0.3 is 20.7 Å². The van der Waals surface area contributed by atoms with Crippen molar-refractivity contribution in [2.45, 2.75) is 19.8 Å². The predicted octanol–water partition coefficient (Wildman–Crippen LogP) is 3.11. The Morgan fingerprint density at radius 3 is 2.82 bits per heavy atom. The summed E-state index contributed by atoms with van der Waals surface area (Å²) in [5, 5.41) is 3.98. The summed E-state index contributed by atoms with van der Waals surface area (Å²) in [5.74, 6) is 1.01. The summed E-state index contributed by atoms with van der Waals surface area (Å²) in [7, 11) is 1.43. The highest BCUT2D eigenvalue weighted by Crippen LogP contribution is 2.34. The van der Waals surface area contributed by atoms with Gasteiger partial charge in [0.15, 0.2) is 16.8 Å². The Bertz CT molecular complexity index is 1010. The van der Waals surface area contributed by atoms with E-state index in [-0.39, 0.29) is 11.9 Å². The lowest BCUT2D eigenvalue weighted by molar-refractivity contribution is -0.146. The fourth-order valence-corrected chi connectivity index (χ4v) is 4.42. The van der Waals surface area contributed by atoms with E-state index in [1.807, 2.05) is 25.1 Å². The SMILES string of the molecule is COC(=O)C1CCN(c2ncnc(Nc3nc4c(C)cccc4s3)c2N)CC1. The second-order valence-corrected chi connectivity index (χ2v) is 7.84. The number of carbonyl (C=O) groups excluding carboxylic acids is 1. The number of thiazole rings is 1. The van der Waals surface area contributed by atoms with Crippen LogP contribution < -0.4 is 16.0 Å². The number of fused-ring (bicyclic) bond motifs is 1. The number of carbonyl (C=O) groups is 1. The van der Waals surface area contributed by atoms with Crippen LogP contribution in [-0.2, 0) is 9.53 Å². The average molecular weight is 398 g/mol. The van der Waals surface area contributed by atoms with E-state index >= 15 is 0 Å². The molecule has 1 aliphatic heterocycles. The third-order valence-electron chi connectivity index (χ3n) is 5.04. The quantitative estimate of drug-likeness (QED) is 0.646. The van der Waals surface area contributed by atoms with E-state index in [1.165, 1.54) is 13.4 Å². The van der Waals surface area contributed by atoms with E-state index in [1.54, 1.807) is 11.3 Å². The van der Waals surface area contributed by atoms with E-state index in [9.17, 15) is 4.79 Å². The summed E-state index contributed by atoms with van der Waals surface area (Å²) in [6, 6.07) is 6.11. The van der Waals surface area contributed by atoms with Crippen LogP contribution in [0.1, 0.15) is 18.4 Å². The molecule has 0 saturated carbocycles. The molecule has 1 fully saturated rings. The lowest BCUT2D eigenvalue weighted by Gasteiger charge is -2.32. The summed E-state index contributed by atoms with van der Waals surface area (Å²) < 4.78 is 5.96. The largest absolute Gasteiger partial charge is 0.469 e. The van der Waals surface area contributed by atoms with Gasteiger partial charge in [-0.05, 0) is 31.4 Å². The summed E-state index contributed by atoms with van der Waals surface area (Å²) >= 11 is 1.56. The molecular weight excluding hydrogens is 376 g/mol. The number of hydrogen-bond donors (Lipinski definition) is 2. The normalized spacial score (nSPS) is 15.0. The lowest BCUT2D eigenvalue weighted by Crippen LogP contribution is -2.37. The van der Waals surface area contributed by atoms with Gasteiger partial charge in [-0.25, -0.2) is 15.0 Å². The molecule has 1 aromatic carbocycles. The maximum atomic E-state index is 11.7. The highest BCUT2D eigenvalue weighted by Gasteiger charge is 2.27. The number of methoxy groups -OCH3 is 1. The molecular formula is C19H22N6O2S. The minimum absolute atomic E-state index is 0.0621. The van der Waals surface area contributed by atoms with E-state index in [4.69, 9.17) is 10.5 Å². The minimum Gasteiger partial charge on any atom is -0.469 e. The topological polar surface area (TPSA) is 106 Å². The zero-order chi connectivity index (χ0) is 19.7. The number of ether oxygens (including phenoxy) is 1. The van der Waals surface area contributed by atoms with Crippen molar-refractivity contribution in [2.75, 3.05) is 36.1 Å². The number of hydrogen-bond acceptors (Lipinski definition) is 9. The minimum atomic E-state index is -0.149. The van der Waals surface area contributed by atoms with Crippen molar-refractivity contribution in [1.29, 1.82) is 0 Å². The van der Waals surface area contributed by atoms with Gasteiger partial charge in [-0.15, -0.1) is 0 Å². The number of esters is 1. The Hall–Kier alpha value is -2.94. The van der Waals surface area contributed by atoms with Crippen LogP contribution in [0.5, 0.6) is 0 Å². The van der Waals surface area contributed by atoms with Crippen molar-refractivity contribution in [3.05, 3.63) is 30.1 Å². The molecule has 0 atom stereocenters. The van der Waals surface area contributed by atoms with Crippen LogP contribution in [0.3, 0.4) is 0 Å². The Morgan fingerprint density at radius 1 is 1.32 bits per heavy atom. The molecule has 0 unspecified atom stereocenters. The van der Waals surface area contributed by atoms with Crippen molar-refractivity contribution < 1.29 is 9.53 Å². The fourth-order valence-electron chi connectivity index (χ4n) is 3.47. The Balaban J connectivity index is 1.54. The third-order valence-corrected chi connectivity index (χ3v) is 5.97. The van der Waals surface area contributed by atoms with Gasteiger partial charge in [0.25, 0.3) is 0 Å². The first-order valence-electron chi connectivity index (χ1n) is 9.13. The second kappa shape index (κ2) is 7.59. The molecule has 28 heavy (non-hydrogen) atoms. The monoisotopic (exact) mass is 398 g/mol. The van der Waals surface area contributed by atoms with Crippen LogP contribution in [0.2, 0.25) is 0 Å². The number of anilines is 4. The van der Waals surface area contributed by atoms with Gasteiger partial charge in [-0.3, -0.25) is 4.79 Å². The van der Waals surface area contributed by atoms with E-state index in [2.05, 4.69) is 25.2 Å². The maximum Gasteiger partial charge on any atom is 0.308 e. The van der Waals surface area contributed by atoms with Crippen molar-refractivity contribution >= 4 is 50.0 Å². The van der Waals surface area contributed by atoms with Crippen molar-refractivity contribution in [1.82, 2.24) is 15.0 Å². The number of para-hydroxylation sites is 1. The number of nitrogens with zero attached hydrogens (tertiary/aromatic N) is 4. The van der Waals surface area contributed by atoms with E-state index in [0.29, 0.717) is 30.4 Å². The standard InChI is InChI=1S/C19H22N6O2S/c1-11-4-3-5-13-15(11)23-19(28-13)24-16-14(20)17(22-10-21-16)25-8-6-12(7-9-25)18(26)27-2/h3-5,10,12H,6-9,20H2,1-2H3,(H,21,22,23,24). The lowest BCUT2D eigenvalue weighted by atomic mass is 9.97. The molecule has 146 valence electrons. The van der Waals surface area contributed by atoms with Crippen LogP contribution in [0.4, 0.5) is 22.5 Å². The predicted molar refractivity (Wildman–Crippen MR) is 111 cm³/mol. The molecule has 4 rings (SSSR count). The summed E-state index contributed by atoms with van der Waals surface area (Å²) in [6.07, 6.45) is 2.94. The zero-order valence-electron chi connectivity index (χ0n) is 15.8. The average Bonchev–Trinajstić information content (AvgIpc) is 3.13. The molecule has 0 spiro atoms. The molecule has 0 amide bonds. The van der Waals surface area contributed by atoms with Gasteiger partial charge in [0.2, 0.25) is 0 Å². The number of rotatable bonds is 4. The van der Waals surface area contributed by atoms with E-state index < -0.39 is 0 Å². The highest BCUT2D eigenvalue weighted by molar-refractivity contribution is 7.22. The number of nitrogens with one attached hydrogen (secondary N) is 1. The number of nitrogens with two attached hydrogens (primary N) is 1. The van der Waals surface area contributed by atoms with Gasteiger partial charge in [0.1, 0.15) is 12.0 Å². The molecule has 3 N–H and O–H groups in total. The number of aromatic nitrogens is 3. The van der Waals surface area contributed by atoms with Crippen LogP contribution in [0.25, 0.3) is 10.2 Å². The van der Waals surface area contributed by atoms with Gasteiger partial charge in [0, 0.05) is 13.1 Å². The highest BCUT2D eigenvalue weighted by atomic mass is 32.1. The zero-order valence-corrected chi connectivity index (χ0v) is 16.6.